The molecule has 1 amide bonds. The quantitative estimate of drug-likeness (QED) is 0.852. The number of hydrogen-bond acceptors (Lipinski definition) is 4. The van der Waals surface area contributed by atoms with Crippen LogP contribution in [-0.2, 0) is 0 Å². The molecule has 2 rings (SSSR count). The fourth-order valence-electron chi connectivity index (χ4n) is 1.99. The topological polar surface area (TPSA) is 71.5 Å². The fraction of sp³-hybridized carbons (Fsp3) is 0.294. The minimum atomic E-state index is -0.839. The number of carbonyl (C=O) groups is 1. The van der Waals surface area contributed by atoms with Gasteiger partial charge in [-0.2, -0.15) is 0 Å². The third-order valence-corrected chi connectivity index (χ3v) is 3.26. The lowest BCUT2D eigenvalue weighted by molar-refractivity contribution is 0.0911. The van der Waals surface area contributed by atoms with Gasteiger partial charge in [0.2, 0.25) is 0 Å². The number of carbonyl (C=O) groups excluding carboxylic acids is 1. The number of benzene rings is 1. The predicted octanol–water partition coefficient (Wildman–Crippen LogP) is 2.99. The number of nitrogens with zero attached hydrogens (tertiary/aromatic N) is 1. The average molecular weight is 335 g/mol. The first-order valence-corrected chi connectivity index (χ1v) is 7.68. The molecule has 23 heavy (non-hydrogen) atoms. The molecule has 1 aromatic heterocycles. The van der Waals surface area contributed by atoms with Gasteiger partial charge in [-0.1, -0.05) is 23.7 Å². The number of amides is 1. The lowest BCUT2D eigenvalue weighted by atomic mass is 10.1. The van der Waals surface area contributed by atoms with Crippen molar-refractivity contribution in [3.8, 4) is 5.75 Å². The van der Waals surface area contributed by atoms with E-state index in [-0.39, 0.29) is 24.2 Å². The van der Waals surface area contributed by atoms with E-state index in [1.807, 2.05) is 19.9 Å². The Labute approximate surface area is 140 Å². The van der Waals surface area contributed by atoms with Gasteiger partial charge >= 0.3 is 0 Å². The molecule has 1 unspecified atom stereocenters. The SMILES string of the molecule is CC(C)Oc1cccc(C(O)CNC(=O)c2cc(Cl)ccn2)c1. The van der Waals surface area contributed by atoms with E-state index in [4.69, 9.17) is 16.3 Å². The van der Waals surface area contributed by atoms with Crippen LogP contribution in [0.5, 0.6) is 5.75 Å². The second kappa shape index (κ2) is 7.94. The molecule has 122 valence electrons. The van der Waals surface area contributed by atoms with E-state index < -0.39 is 6.10 Å². The van der Waals surface area contributed by atoms with Crippen LogP contribution in [0, 0.1) is 0 Å². The maximum absolute atomic E-state index is 12.0. The van der Waals surface area contributed by atoms with Crippen molar-refractivity contribution in [1.29, 1.82) is 0 Å². The molecule has 0 saturated carbocycles. The monoisotopic (exact) mass is 334 g/mol. The fourth-order valence-corrected chi connectivity index (χ4v) is 2.15. The first-order valence-electron chi connectivity index (χ1n) is 7.30. The Balaban J connectivity index is 1.96. The summed E-state index contributed by atoms with van der Waals surface area (Å²) in [5.74, 6) is 0.292. The summed E-state index contributed by atoms with van der Waals surface area (Å²) < 4.78 is 5.59. The van der Waals surface area contributed by atoms with Gasteiger partial charge in [-0.05, 0) is 43.7 Å². The van der Waals surface area contributed by atoms with Crippen molar-refractivity contribution in [3.05, 3.63) is 58.9 Å². The number of pyridine rings is 1. The van der Waals surface area contributed by atoms with Gasteiger partial charge in [0.1, 0.15) is 11.4 Å². The van der Waals surface area contributed by atoms with Crippen molar-refractivity contribution in [2.75, 3.05) is 6.54 Å². The Kier molecular flexibility index (Phi) is 5.96. The second-order valence-electron chi connectivity index (χ2n) is 5.32. The predicted molar refractivity (Wildman–Crippen MR) is 88.7 cm³/mol. The molecule has 0 fully saturated rings. The molecule has 5 nitrogen and oxygen atoms in total. The summed E-state index contributed by atoms with van der Waals surface area (Å²) in [5, 5.41) is 13.3. The highest BCUT2D eigenvalue weighted by Crippen LogP contribution is 2.20. The number of halogens is 1. The van der Waals surface area contributed by atoms with Crippen molar-refractivity contribution in [2.24, 2.45) is 0 Å². The van der Waals surface area contributed by atoms with Crippen LogP contribution in [0.3, 0.4) is 0 Å². The first-order chi connectivity index (χ1) is 11.0. The van der Waals surface area contributed by atoms with Crippen LogP contribution < -0.4 is 10.1 Å². The molecule has 2 aromatic rings. The van der Waals surface area contributed by atoms with E-state index in [2.05, 4.69) is 10.3 Å². The first kappa shape index (κ1) is 17.2. The molecule has 1 aromatic carbocycles. The largest absolute Gasteiger partial charge is 0.491 e. The second-order valence-corrected chi connectivity index (χ2v) is 5.76. The molecule has 1 atom stereocenters. The van der Waals surface area contributed by atoms with Crippen molar-refractivity contribution in [2.45, 2.75) is 26.1 Å². The molecule has 2 N–H and O–H groups in total. The van der Waals surface area contributed by atoms with E-state index in [0.29, 0.717) is 16.3 Å². The van der Waals surface area contributed by atoms with Crippen LogP contribution in [-0.4, -0.2) is 28.6 Å². The number of aliphatic hydroxyl groups is 1. The zero-order chi connectivity index (χ0) is 16.8. The normalized spacial score (nSPS) is 12.0. The summed E-state index contributed by atoms with van der Waals surface area (Å²) in [4.78, 5) is 15.9. The highest BCUT2D eigenvalue weighted by atomic mass is 35.5. The molecule has 6 heteroatoms. The lowest BCUT2D eigenvalue weighted by Gasteiger charge is -2.15. The van der Waals surface area contributed by atoms with Crippen LogP contribution in [0.25, 0.3) is 0 Å². The van der Waals surface area contributed by atoms with Crippen LogP contribution in [0.1, 0.15) is 36.0 Å². The lowest BCUT2D eigenvalue weighted by Crippen LogP contribution is -2.29. The van der Waals surface area contributed by atoms with Gasteiger partial charge in [-0.25, -0.2) is 0 Å². The van der Waals surface area contributed by atoms with E-state index in [0.717, 1.165) is 0 Å². The van der Waals surface area contributed by atoms with E-state index >= 15 is 0 Å². The molecular formula is C17H19ClN2O3. The van der Waals surface area contributed by atoms with Gasteiger partial charge in [0.05, 0.1) is 12.2 Å². The minimum Gasteiger partial charge on any atom is -0.491 e. The molecule has 0 spiro atoms. The maximum atomic E-state index is 12.0. The number of ether oxygens (including phenoxy) is 1. The van der Waals surface area contributed by atoms with Gasteiger partial charge < -0.3 is 15.2 Å². The Morgan fingerprint density at radius 3 is 2.83 bits per heavy atom. The third kappa shape index (κ3) is 5.23. The third-order valence-electron chi connectivity index (χ3n) is 3.03. The maximum Gasteiger partial charge on any atom is 0.270 e. The van der Waals surface area contributed by atoms with E-state index in [9.17, 15) is 9.90 Å². The minimum absolute atomic E-state index is 0.0519. The molecule has 0 saturated heterocycles. The van der Waals surface area contributed by atoms with Crippen LogP contribution in [0.4, 0.5) is 0 Å². The molecule has 0 aliphatic carbocycles. The number of nitrogens with one attached hydrogen (secondary N) is 1. The Bertz CT molecular complexity index is 676. The molecule has 0 aliphatic rings. The number of hydrogen-bond donors (Lipinski definition) is 2. The molecule has 1 heterocycles. The number of rotatable bonds is 6. The Morgan fingerprint density at radius 2 is 2.13 bits per heavy atom. The molecular weight excluding hydrogens is 316 g/mol. The zero-order valence-corrected chi connectivity index (χ0v) is 13.7. The van der Waals surface area contributed by atoms with Crippen molar-refractivity contribution >= 4 is 17.5 Å². The molecule has 0 aliphatic heterocycles. The van der Waals surface area contributed by atoms with E-state index in [1.54, 1.807) is 24.3 Å². The summed E-state index contributed by atoms with van der Waals surface area (Å²) in [6.45, 7) is 3.93. The summed E-state index contributed by atoms with van der Waals surface area (Å²) in [7, 11) is 0. The summed E-state index contributed by atoms with van der Waals surface area (Å²) in [5.41, 5.74) is 0.879. The zero-order valence-electron chi connectivity index (χ0n) is 13.0. The van der Waals surface area contributed by atoms with Crippen LogP contribution >= 0.6 is 11.6 Å². The summed E-state index contributed by atoms with van der Waals surface area (Å²) >= 11 is 5.82. The highest BCUT2D eigenvalue weighted by molar-refractivity contribution is 6.30. The Morgan fingerprint density at radius 1 is 1.35 bits per heavy atom. The highest BCUT2D eigenvalue weighted by Gasteiger charge is 2.13. The van der Waals surface area contributed by atoms with Crippen molar-refractivity contribution in [3.63, 3.8) is 0 Å². The molecule has 0 radical (unpaired) electrons. The van der Waals surface area contributed by atoms with Crippen molar-refractivity contribution < 1.29 is 14.6 Å². The smallest absolute Gasteiger partial charge is 0.270 e. The van der Waals surface area contributed by atoms with Gasteiger partial charge in [0.25, 0.3) is 5.91 Å². The van der Waals surface area contributed by atoms with E-state index in [1.165, 1.54) is 12.3 Å². The van der Waals surface area contributed by atoms with Gasteiger partial charge in [-0.3, -0.25) is 9.78 Å². The molecule has 0 bridgehead atoms. The van der Waals surface area contributed by atoms with Crippen molar-refractivity contribution in [1.82, 2.24) is 10.3 Å². The summed E-state index contributed by atoms with van der Waals surface area (Å²) in [6.07, 6.45) is 0.672. The van der Waals surface area contributed by atoms with Gasteiger partial charge in [-0.15, -0.1) is 0 Å². The van der Waals surface area contributed by atoms with Crippen LogP contribution in [0.2, 0.25) is 5.02 Å². The average Bonchev–Trinajstić information content (AvgIpc) is 2.52. The Hall–Kier alpha value is -2.11. The number of aliphatic hydroxyl groups excluding tert-OH is 1. The standard InChI is InChI=1S/C17H19ClN2O3/c1-11(2)23-14-5-3-4-12(8-14)16(21)10-20-17(22)15-9-13(18)6-7-19-15/h3-9,11,16,21H,10H2,1-2H3,(H,20,22). The van der Waals surface area contributed by atoms with Gasteiger partial charge in [0.15, 0.2) is 0 Å². The van der Waals surface area contributed by atoms with Gasteiger partial charge in [0, 0.05) is 17.8 Å². The summed E-state index contributed by atoms with van der Waals surface area (Å²) in [6, 6.07) is 10.2. The van der Waals surface area contributed by atoms with Crippen LogP contribution in [0.15, 0.2) is 42.6 Å². The number of aromatic nitrogens is 1.